The highest BCUT2D eigenvalue weighted by molar-refractivity contribution is 6.09. The van der Waals surface area contributed by atoms with Gasteiger partial charge in [0, 0.05) is 36.3 Å². The Balaban J connectivity index is 1.79. The van der Waals surface area contributed by atoms with Gasteiger partial charge in [0.25, 0.3) is 0 Å². The van der Waals surface area contributed by atoms with Crippen LogP contribution in [-0.4, -0.2) is 56.8 Å². The summed E-state index contributed by atoms with van der Waals surface area (Å²) in [7, 11) is 0. The third-order valence-corrected chi connectivity index (χ3v) is 3.78. The number of benzene rings is 1. The Morgan fingerprint density at radius 3 is 1.14 bits per heavy atom. The molecule has 0 radical (unpaired) electrons. The molecule has 0 bridgehead atoms. The molecule has 6 heteroatoms. The van der Waals surface area contributed by atoms with Crippen molar-refractivity contribution >= 4 is 17.5 Å². The van der Waals surface area contributed by atoms with Gasteiger partial charge in [-0.15, -0.1) is 0 Å². The Morgan fingerprint density at radius 2 is 0.905 bits per heavy atom. The predicted molar refractivity (Wildman–Crippen MR) is 84.7 cm³/mol. The highest BCUT2D eigenvalue weighted by Gasteiger charge is 2.17. The molecule has 108 valence electrons. The number of nitrogens with one attached hydrogen (secondary N) is 3. The van der Waals surface area contributed by atoms with Gasteiger partial charge in [0.05, 0.1) is 19.6 Å². The fraction of sp³-hybridized carbons (Fsp3) is 0.400. The van der Waals surface area contributed by atoms with Gasteiger partial charge >= 0.3 is 0 Å². The smallest absolute Gasteiger partial charge is 0.128 e. The molecule has 0 spiro atoms. The van der Waals surface area contributed by atoms with Gasteiger partial charge in [0.1, 0.15) is 17.5 Å². The van der Waals surface area contributed by atoms with E-state index >= 15 is 0 Å². The minimum Gasteiger partial charge on any atom is -0.368 e. The molecule has 0 unspecified atom stereocenters. The summed E-state index contributed by atoms with van der Waals surface area (Å²) in [5.74, 6) is 2.90. The monoisotopic (exact) mass is 282 g/mol. The first kappa shape index (κ1) is 12.4. The van der Waals surface area contributed by atoms with E-state index in [4.69, 9.17) is 0 Å². The van der Waals surface area contributed by atoms with Crippen molar-refractivity contribution in [3.63, 3.8) is 0 Å². The SMILES string of the molecule is c1c(C2=NCCN2)cc(C2=NCCN2)cc1C1=NCCN1. The lowest BCUT2D eigenvalue weighted by molar-refractivity contribution is 0.958. The van der Waals surface area contributed by atoms with Gasteiger partial charge in [0.15, 0.2) is 0 Å². The van der Waals surface area contributed by atoms with Crippen LogP contribution in [0.2, 0.25) is 0 Å². The molecule has 21 heavy (non-hydrogen) atoms. The van der Waals surface area contributed by atoms with E-state index in [1.165, 1.54) is 0 Å². The topological polar surface area (TPSA) is 73.2 Å². The summed E-state index contributed by atoms with van der Waals surface area (Å²) in [6.45, 7) is 5.25. The Bertz CT molecular complexity index is 555. The molecule has 4 rings (SSSR count). The zero-order valence-electron chi connectivity index (χ0n) is 11.8. The molecule has 3 heterocycles. The normalized spacial score (nSPS) is 20.3. The number of amidine groups is 3. The Labute approximate surface area is 123 Å². The summed E-state index contributed by atoms with van der Waals surface area (Å²) in [6.07, 6.45) is 0. The summed E-state index contributed by atoms with van der Waals surface area (Å²) in [5, 5.41) is 10.0. The van der Waals surface area contributed by atoms with Gasteiger partial charge in [-0.1, -0.05) is 0 Å². The summed E-state index contributed by atoms with van der Waals surface area (Å²) < 4.78 is 0. The number of aliphatic imine (C=N–C) groups is 3. The zero-order valence-corrected chi connectivity index (χ0v) is 11.8. The third-order valence-electron chi connectivity index (χ3n) is 3.78. The second-order valence-electron chi connectivity index (χ2n) is 5.27. The van der Waals surface area contributed by atoms with E-state index in [-0.39, 0.29) is 0 Å². The Kier molecular flexibility index (Phi) is 3.06. The van der Waals surface area contributed by atoms with Crippen LogP contribution in [0.3, 0.4) is 0 Å². The molecule has 0 fully saturated rings. The molecule has 3 N–H and O–H groups in total. The Hall–Kier alpha value is -2.37. The van der Waals surface area contributed by atoms with E-state index in [0.29, 0.717) is 0 Å². The van der Waals surface area contributed by atoms with E-state index in [1.54, 1.807) is 0 Å². The molecule has 0 saturated heterocycles. The first-order valence-electron chi connectivity index (χ1n) is 7.41. The average molecular weight is 282 g/mol. The van der Waals surface area contributed by atoms with Crippen LogP contribution in [0.1, 0.15) is 16.7 Å². The van der Waals surface area contributed by atoms with Crippen LogP contribution < -0.4 is 16.0 Å². The van der Waals surface area contributed by atoms with Gasteiger partial charge < -0.3 is 16.0 Å². The van der Waals surface area contributed by atoms with Crippen LogP contribution in [0, 0.1) is 0 Å². The standard InChI is InChI=1S/C15H18N6/c1-2-17-13(16-1)10-7-11(14-18-3-4-19-14)9-12(8-10)15-20-5-6-21-15/h7-9H,1-6H2,(H,16,17)(H,18,19)(H,20,21). The van der Waals surface area contributed by atoms with Crippen LogP contribution in [0.15, 0.2) is 33.2 Å². The van der Waals surface area contributed by atoms with E-state index in [0.717, 1.165) is 73.5 Å². The molecule has 3 aliphatic heterocycles. The van der Waals surface area contributed by atoms with Crippen molar-refractivity contribution in [3.05, 3.63) is 34.9 Å². The van der Waals surface area contributed by atoms with Gasteiger partial charge in [0.2, 0.25) is 0 Å². The molecule has 0 amide bonds. The van der Waals surface area contributed by atoms with Crippen molar-refractivity contribution in [3.8, 4) is 0 Å². The van der Waals surface area contributed by atoms with E-state index in [1.807, 2.05) is 0 Å². The van der Waals surface area contributed by atoms with Crippen LogP contribution in [0.5, 0.6) is 0 Å². The summed E-state index contributed by atoms with van der Waals surface area (Å²) in [5.41, 5.74) is 3.31. The first-order chi connectivity index (χ1) is 10.4. The molecule has 0 aromatic heterocycles. The van der Waals surface area contributed by atoms with Crippen molar-refractivity contribution in [2.45, 2.75) is 0 Å². The van der Waals surface area contributed by atoms with Crippen molar-refractivity contribution in [1.29, 1.82) is 0 Å². The molecule has 0 aliphatic carbocycles. The Morgan fingerprint density at radius 1 is 0.571 bits per heavy atom. The zero-order chi connectivity index (χ0) is 14.1. The van der Waals surface area contributed by atoms with Gasteiger partial charge in [-0.05, 0) is 18.2 Å². The van der Waals surface area contributed by atoms with Crippen molar-refractivity contribution in [2.75, 3.05) is 39.3 Å². The lowest BCUT2D eigenvalue weighted by atomic mass is 10.0. The molecule has 6 nitrogen and oxygen atoms in total. The van der Waals surface area contributed by atoms with E-state index in [9.17, 15) is 0 Å². The van der Waals surface area contributed by atoms with Crippen molar-refractivity contribution in [2.24, 2.45) is 15.0 Å². The molecular weight excluding hydrogens is 264 g/mol. The summed E-state index contributed by atoms with van der Waals surface area (Å²) >= 11 is 0. The maximum Gasteiger partial charge on any atom is 0.128 e. The first-order valence-corrected chi connectivity index (χ1v) is 7.41. The fourth-order valence-corrected chi connectivity index (χ4v) is 2.81. The quantitative estimate of drug-likeness (QED) is 0.715. The van der Waals surface area contributed by atoms with Crippen LogP contribution in [-0.2, 0) is 0 Å². The molecular formula is C15H18N6. The highest BCUT2D eigenvalue weighted by atomic mass is 15.1. The second kappa shape index (κ2) is 5.20. The van der Waals surface area contributed by atoms with Gasteiger partial charge in [-0.3, -0.25) is 15.0 Å². The maximum atomic E-state index is 4.53. The van der Waals surface area contributed by atoms with Crippen LogP contribution >= 0.6 is 0 Å². The van der Waals surface area contributed by atoms with Crippen LogP contribution in [0.25, 0.3) is 0 Å². The lowest BCUT2D eigenvalue weighted by Gasteiger charge is -2.11. The number of nitrogens with zero attached hydrogens (tertiary/aromatic N) is 3. The van der Waals surface area contributed by atoms with E-state index in [2.05, 4.69) is 49.1 Å². The summed E-state index contributed by atoms with van der Waals surface area (Å²) in [4.78, 5) is 13.6. The van der Waals surface area contributed by atoms with Crippen LogP contribution in [0.4, 0.5) is 0 Å². The largest absolute Gasteiger partial charge is 0.368 e. The van der Waals surface area contributed by atoms with Crippen molar-refractivity contribution in [1.82, 2.24) is 16.0 Å². The minimum absolute atomic E-state index is 0.841. The second-order valence-corrected chi connectivity index (χ2v) is 5.27. The highest BCUT2D eigenvalue weighted by Crippen LogP contribution is 2.15. The average Bonchev–Trinajstić information content (AvgIpc) is 3.29. The number of hydrogen-bond donors (Lipinski definition) is 3. The predicted octanol–water partition coefficient (Wildman–Crippen LogP) is -0.264. The molecule has 1 aromatic carbocycles. The van der Waals surface area contributed by atoms with Crippen molar-refractivity contribution < 1.29 is 0 Å². The fourth-order valence-electron chi connectivity index (χ4n) is 2.81. The summed E-state index contributed by atoms with van der Waals surface area (Å²) in [6, 6.07) is 6.44. The molecule has 0 atom stereocenters. The number of hydrogen-bond acceptors (Lipinski definition) is 6. The van der Waals surface area contributed by atoms with Gasteiger partial charge in [-0.25, -0.2) is 0 Å². The van der Waals surface area contributed by atoms with E-state index < -0.39 is 0 Å². The van der Waals surface area contributed by atoms with Gasteiger partial charge in [-0.2, -0.15) is 0 Å². The molecule has 1 aromatic rings. The molecule has 3 aliphatic rings. The molecule has 0 saturated carbocycles. The maximum absolute atomic E-state index is 4.53. The minimum atomic E-state index is 0.841. The lowest BCUT2D eigenvalue weighted by Crippen LogP contribution is -2.25. The number of rotatable bonds is 3. The third kappa shape index (κ3) is 2.37.